The number of amides is 1. The molecule has 144 valence electrons. The Morgan fingerprint density at radius 2 is 1.96 bits per heavy atom. The molecule has 0 bridgehead atoms. The summed E-state index contributed by atoms with van der Waals surface area (Å²) >= 11 is 5.74. The Morgan fingerprint density at radius 1 is 1.22 bits per heavy atom. The van der Waals surface area contributed by atoms with Crippen molar-refractivity contribution in [3.05, 3.63) is 63.2 Å². The molecule has 2 N–H and O–H groups in total. The van der Waals surface area contributed by atoms with E-state index in [0.717, 1.165) is 12.5 Å². The zero-order valence-corrected chi connectivity index (χ0v) is 16.0. The fraction of sp³-hybridized carbons (Fsp3) is 0.235. The lowest BCUT2D eigenvalue weighted by atomic mass is 10.2. The van der Waals surface area contributed by atoms with E-state index in [4.69, 9.17) is 11.6 Å². The first kappa shape index (κ1) is 20.8. The van der Waals surface area contributed by atoms with E-state index in [1.807, 2.05) is 6.92 Å². The van der Waals surface area contributed by atoms with Crippen molar-refractivity contribution in [1.29, 1.82) is 0 Å². The maximum absolute atomic E-state index is 12.4. The number of anilines is 1. The van der Waals surface area contributed by atoms with Crippen LogP contribution in [0, 0.1) is 10.1 Å². The summed E-state index contributed by atoms with van der Waals surface area (Å²) in [5.74, 6) is -0.600. The summed E-state index contributed by atoms with van der Waals surface area (Å²) in [6, 6.07) is 9.38. The second-order valence-electron chi connectivity index (χ2n) is 5.66. The predicted molar refractivity (Wildman–Crippen MR) is 103 cm³/mol. The minimum atomic E-state index is -3.72. The van der Waals surface area contributed by atoms with Gasteiger partial charge in [-0.2, -0.15) is 0 Å². The van der Waals surface area contributed by atoms with E-state index in [1.54, 1.807) is 0 Å². The minimum Gasteiger partial charge on any atom is -0.322 e. The molecule has 2 rings (SSSR count). The molecule has 0 saturated heterocycles. The lowest BCUT2D eigenvalue weighted by Gasteiger charge is -2.09. The van der Waals surface area contributed by atoms with Crippen LogP contribution in [0.3, 0.4) is 0 Å². The van der Waals surface area contributed by atoms with Crippen molar-refractivity contribution in [2.75, 3.05) is 11.9 Å². The van der Waals surface area contributed by atoms with Gasteiger partial charge in [-0.15, -0.1) is 0 Å². The average molecular weight is 412 g/mol. The van der Waals surface area contributed by atoms with Crippen LogP contribution in [-0.2, 0) is 10.0 Å². The van der Waals surface area contributed by atoms with E-state index >= 15 is 0 Å². The predicted octanol–water partition coefficient (Wildman–Crippen LogP) is 3.58. The fourth-order valence-corrected chi connectivity index (χ4v) is 3.51. The first-order chi connectivity index (χ1) is 12.7. The fourth-order valence-electron chi connectivity index (χ4n) is 2.20. The van der Waals surface area contributed by atoms with Gasteiger partial charge in [-0.05, 0) is 36.8 Å². The van der Waals surface area contributed by atoms with Crippen LogP contribution < -0.4 is 10.0 Å². The van der Waals surface area contributed by atoms with Gasteiger partial charge in [0, 0.05) is 23.9 Å². The van der Waals surface area contributed by atoms with E-state index in [2.05, 4.69) is 10.0 Å². The van der Waals surface area contributed by atoms with E-state index < -0.39 is 20.9 Å². The monoisotopic (exact) mass is 411 g/mol. The third kappa shape index (κ3) is 5.49. The second-order valence-corrected chi connectivity index (χ2v) is 7.83. The van der Waals surface area contributed by atoms with Gasteiger partial charge in [-0.3, -0.25) is 14.9 Å². The smallest absolute Gasteiger partial charge is 0.289 e. The summed E-state index contributed by atoms with van der Waals surface area (Å²) in [5.41, 5.74) is -0.0673. The summed E-state index contributed by atoms with van der Waals surface area (Å²) in [5, 5.41) is 13.4. The van der Waals surface area contributed by atoms with E-state index in [9.17, 15) is 23.3 Å². The number of hydrogen-bond acceptors (Lipinski definition) is 5. The topological polar surface area (TPSA) is 118 Å². The number of nitro benzene ring substituents is 1. The third-order valence-electron chi connectivity index (χ3n) is 3.63. The molecule has 0 aliphatic carbocycles. The molecule has 8 nitrogen and oxygen atoms in total. The number of carbonyl (C=O) groups is 1. The Bertz CT molecular complexity index is 963. The largest absolute Gasteiger partial charge is 0.322 e. The maximum Gasteiger partial charge on any atom is 0.289 e. The highest BCUT2D eigenvalue weighted by Crippen LogP contribution is 2.27. The Morgan fingerprint density at radius 3 is 2.63 bits per heavy atom. The van der Waals surface area contributed by atoms with Gasteiger partial charge in [-0.1, -0.05) is 31.0 Å². The van der Waals surface area contributed by atoms with Gasteiger partial charge >= 0.3 is 0 Å². The molecule has 10 heteroatoms. The van der Waals surface area contributed by atoms with Crippen LogP contribution in [0.1, 0.15) is 30.1 Å². The normalized spacial score (nSPS) is 11.2. The lowest BCUT2D eigenvalue weighted by molar-refractivity contribution is -0.384. The van der Waals surface area contributed by atoms with Gasteiger partial charge in [0.2, 0.25) is 10.0 Å². The molecular weight excluding hydrogens is 394 g/mol. The van der Waals surface area contributed by atoms with Crippen molar-refractivity contribution < 1.29 is 18.1 Å². The molecule has 2 aromatic rings. The number of sulfonamides is 1. The van der Waals surface area contributed by atoms with E-state index in [1.165, 1.54) is 36.4 Å². The van der Waals surface area contributed by atoms with Gasteiger partial charge in [0.15, 0.2) is 0 Å². The molecule has 0 aliphatic rings. The number of rotatable bonds is 8. The molecule has 1 amide bonds. The summed E-state index contributed by atoms with van der Waals surface area (Å²) in [4.78, 5) is 22.6. The molecule has 0 spiro atoms. The highest BCUT2D eigenvalue weighted by Gasteiger charge is 2.17. The Labute approximate surface area is 161 Å². The average Bonchev–Trinajstić information content (AvgIpc) is 2.63. The van der Waals surface area contributed by atoms with Crippen molar-refractivity contribution in [2.45, 2.75) is 24.7 Å². The summed E-state index contributed by atoms with van der Waals surface area (Å²) in [6.07, 6.45) is 1.55. The highest BCUT2D eigenvalue weighted by molar-refractivity contribution is 7.89. The Hall–Kier alpha value is -2.49. The van der Waals surface area contributed by atoms with E-state index in [0.29, 0.717) is 13.0 Å². The van der Waals surface area contributed by atoms with E-state index in [-0.39, 0.29) is 26.9 Å². The summed E-state index contributed by atoms with van der Waals surface area (Å²) in [7, 11) is -3.72. The van der Waals surface area contributed by atoms with Crippen molar-refractivity contribution in [3.63, 3.8) is 0 Å². The van der Waals surface area contributed by atoms with Crippen LogP contribution in [-0.4, -0.2) is 25.8 Å². The van der Waals surface area contributed by atoms with Gasteiger partial charge in [-0.25, -0.2) is 13.1 Å². The molecule has 0 fully saturated rings. The number of nitro groups is 1. The first-order valence-electron chi connectivity index (χ1n) is 8.09. The molecule has 2 aromatic carbocycles. The number of benzene rings is 2. The molecule has 0 aliphatic heterocycles. The Kier molecular flexibility index (Phi) is 6.89. The number of halogens is 1. The molecular formula is C17H18ClN3O5S. The quantitative estimate of drug-likeness (QED) is 0.391. The summed E-state index contributed by atoms with van der Waals surface area (Å²) < 4.78 is 27.0. The molecule has 0 aromatic heterocycles. The SMILES string of the molecule is CCCCNS(=O)(=O)c1cccc(C(=O)Nc2ccc(Cl)c([N+](=O)[O-])c2)c1. The minimum absolute atomic E-state index is 0.0339. The van der Waals surface area contributed by atoms with Crippen LogP contribution in [0.2, 0.25) is 5.02 Å². The zero-order valence-electron chi connectivity index (χ0n) is 14.4. The molecule has 0 saturated carbocycles. The van der Waals surface area contributed by atoms with Gasteiger partial charge in [0.25, 0.3) is 11.6 Å². The van der Waals surface area contributed by atoms with Crippen molar-refractivity contribution in [3.8, 4) is 0 Å². The third-order valence-corrected chi connectivity index (χ3v) is 5.41. The molecule has 27 heavy (non-hydrogen) atoms. The number of hydrogen-bond donors (Lipinski definition) is 2. The van der Waals surface area contributed by atoms with Crippen LogP contribution in [0.25, 0.3) is 0 Å². The zero-order chi connectivity index (χ0) is 20.0. The summed E-state index contributed by atoms with van der Waals surface area (Å²) in [6.45, 7) is 2.25. The van der Waals surface area contributed by atoms with Crippen molar-refractivity contribution in [1.82, 2.24) is 4.72 Å². The van der Waals surface area contributed by atoms with Gasteiger partial charge < -0.3 is 5.32 Å². The number of unbranched alkanes of at least 4 members (excludes halogenated alkanes) is 1. The molecule has 0 unspecified atom stereocenters. The number of nitrogens with zero attached hydrogens (tertiary/aromatic N) is 1. The van der Waals surface area contributed by atoms with Crippen LogP contribution in [0.4, 0.5) is 11.4 Å². The maximum atomic E-state index is 12.4. The molecule has 0 heterocycles. The van der Waals surface area contributed by atoms with Crippen LogP contribution in [0.5, 0.6) is 0 Å². The number of carbonyl (C=O) groups excluding carboxylic acids is 1. The Balaban J connectivity index is 2.20. The standard InChI is InChI=1S/C17H18ClN3O5S/c1-2-3-9-19-27(25,26)14-6-4-5-12(10-14)17(22)20-13-7-8-15(18)16(11-13)21(23)24/h4-8,10-11,19H,2-3,9H2,1H3,(H,20,22). The molecule has 0 atom stereocenters. The van der Waals surface area contributed by atoms with Gasteiger partial charge in [0.05, 0.1) is 9.82 Å². The second kappa shape index (κ2) is 8.94. The first-order valence-corrected chi connectivity index (χ1v) is 9.95. The van der Waals surface area contributed by atoms with Gasteiger partial charge in [0.1, 0.15) is 5.02 Å². The van der Waals surface area contributed by atoms with Crippen molar-refractivity contribution >= 4 is 38.9 Å². The highest BCUT2D eigenvalue weighted by atomic mass is 35.5. The van der Waals surface area contributed by atoms with Crippen LogP contribution >= 0.6 is 11.6 Å². The number of nitrogens with one attached hydrogen (secondary N) is 2. The van der Waals surface area contributed by atoms with Crippen LogP contribution in [0.15, 0.2) is 47.4 Å². The molecule has 0 radical (unpaired) electrons. The van der Waals surface area contributed by atoms with Crippen molar-refractivity contribution in [2.24, 2.45) is 0 Å². The lowest BCUT2D eigenvalue weighted by Crippen LogP contribution is -2.25.